The van der Waals surface area contributed by atoms with Crippen LogP contribution < -0.4 is 10.1 Å². The number of rotatable bonds is 4. The molecular formula is C24H38N2O4S. The Hall–Kier alpha value is -1.57. The zero-order valence-electron chi connectivity index (χ0n) is 19.5. The summed E-state index contributed by atoms with van der Waals surface area (Å²) >= 11 is 0. The summed E-state index contributed by atoms with van der Waals surface area (Å²) in [5, 5.41) is 2.70. The Morgan fingerprint density at radius 2 is 2.06 bits per heavy atom. The molecule has 1 amide bonds. The van der Waals surface area contributed by atoms with Gasteiger partial charge in [-0.25, -0.2) is 4.79 Å². The highest BCUT2D eigenvalue weighted by Gasteiger charge is 2.40. The van der Waals surface area contributed by atoms with E-state index in [4.69, 9.17) is 9.47 Å². The van der Waals surface area contributed by atoms with Gasteiger partial charge in [-0.1, -0.05) is 25.5 Å². The average molecular weight is 451 g/mol. The van der Waals surface area contributed by atoms with Gasteiger partial charge in [-0.2, -0.15) is 13.5 Å². The van der Waals surface area contributed by atoms with Gasteiger partial charge in [0.05, 0.1) is 11.7 Å². The summed E-state index contributed by atoms with van der Waals surface area (Å²) in [7, 11) is 2.18. The number of carbonyl (C=O) groups excluding carboxylic acids is 2. The first kappa shape index (κ1) is 25.7. The van der Waals surface area contributed by atoms with Crippen molar-refractivity contribution < 1.29 is 19.1 Å². The minimum Gasteiger partial charge on any atom is -0.410 e. The largest absolute Gasteiger partial charge is 0.413 e. The fourth-order valence-corrected chi connectivity index (χ4v) is 5.00. The number of nitrogens with zero attached hydrogens (tertiary/aromatic N) is 1. The molecule has 3 rings (SSSR count). The van der Waals surface area contributed by atoms with Gasteiger partial charge >= 0.3 is 6.09 Å². The molecule has 174 valence electrons. The van der Waals surface area contributed by atoms with E-state index in [0.29, 0.717) is 5.75 Å². The molecule has 0 aromatic heterocycles. The number of amides is 1. The van der Waals surface area contributed by atoms with Crippen molar-refractivity contribution in [3.63, 3.8) is 0 Å². The highest BCUT2D eigenvalue weighted by Crippen LogP contribution is 2.37. The molecule has 7 heteroatoms. The molecule has 2 unspecified atom stereocenters. The van der Waals surface area contributed by atoms with E-state index in [9.17, 15) is 9.59 Å². The lowest BCUT2D eigenvalue weighted by molar-refractivity contribution is -0.151. The number of hydrogen-bond donors (Lipinski definition) is 1. The molecule has 0 saturated carbocycles. The molecule has 2 aliphatic heterocycles. The van der Waals surface area contributed by atoms with E-state index < -0.39 is 23.8 Å². The average Bonchev–Trinajstić information content (AvgIpc) is 2.86. The van der Waals surface area contributed by atoms with E-state index in [1.807, 2.05) is 26.0 Å². The first-order valence-corrected chi connectivity index (χ1v) is 11.1. The standard InChI is InChI=1S/C24H36N2O4.H2S/c1-6-24(12-7-8-13-26(5)16-24)18-10-9-11-19(14-18)29-22(28)25-21-17(2)30-23(3,4)15-20(21)27;/h9-11,14,17,21H,6-8,12-13,15-16H2,1-5H3,(H,25,28);1H2/t17?,21-,24?;/m0./s1. The van der Waals surface area contributed by atoms with E-state index in [1.54, 1.807) is 13.0 Å². The van der Waals surface area contributed by atoms with Gasteiger partial charge in [0.1, 0.15) is 11.8 Å². The van der Waals surface area contributed by atoms with Crippen molar-refractivity contribution in [2.24, 2.45) is 0 Å². The van der Waals surface area contributed by atoms with Crippen LogP contribution in [0.3, 0.4) is 0 Å². The molecule has 1 N–H and O–H groups in total. The minimum absolute atomic E-state index is 0. The summed E-state index contributed by atoms with van der Waals surface area (Å²) in [6.07, 6.45) is 3.82. The molecule has 2 saturated heterocycles. The normalized spacial score (nSPS) is 28.9. The Balaban J connectivity index is 0.00000341. The lowest BCUT2D eigenvalue weighted by atomic mass is 9.74. The fraction of sp³-hybridized carbons (Fsp3) is 0.667. The van der Waals surface area contributed by atoms with Crippen LogP contribution in [0.5, 0.6) is 5.75 Å². The van der Waals surface area contributed by atoms with Gasteiger partial charge in [-0.3, -0.25) is 4.79 Å². The summed E-state index contributed by atoms with van der Waals surface area (Å²) in [6, 6.07) is 7.16. The molecular weight excluding hydrogens is 412 g/mol. The quantitative estimate of drug-likeness (QED) is 0.745. The van der Waals surface area contributed by atoms with Gasteiger partial charge in [-0.05, 0) is 71.3 Å². The third kappa shape index (κ3) is 6.24. The van der Waals surface area contributed by atoms with Crippen LogP contribution in [0.15, 0.2) is 24.3 Å². The van der Waals surface area contributed by atoms with Gasteiger partial charge in [0.15, 0.2) is 5.78 Å². The Bertz CT molecular complexity index is 785. The molecule has 0 spiro atoms. The number of hydrogen-bond acceptors (Lipinski definition) is 5. The van der Waals surface area contributed by atoms with Crippen LogP contribution in [0.1, 0.15) is 65.4 Å². The molecule has 2 fully saturated rings. The van der Waals surface area contributed by atoms with Gasteiger partial charge in [0.25, 0.3) is 0 Å². The number of ether oxygens (including phenoxy) is 2. The van der Waals surface area contributed by atoms with Crippen molar-refractivity contribution in [2.45, 2.75) is 83.0 Å². The number of Topliss-reactive ketones (excluding diaryl/α,β-unsaturated/α-hetero) is 1. The van der Waals surface area contributed by atoms with Crippen LogP contribution in [0.25, 0.3) is 0 Å². The summed E-state index contributed by atoms with van der Waals surface area (Å²) in [6.45, 7) is 9.92. The van der Waals surface area contributed by atoms with Crippen molar-refractivity contribution in [1.29, 1.82) is 0 Å². The number of nitrogens with one attached hydrogen (secondary N) is 1. The van der Waals surface area contributed by atoms with Crippen LogP contribution in [-0.2, 0) is 14.9 Å². The number of likely N-dealkylation sites (N-methyl/N-ethyl adjacent to an activating group) is 1. The minimum atomic E-state index is -0.689. The van der Waals surface area contributed by atoms with Crippen molar-refractivity contribution in [3.05, 3.63) is 29.8 Å². The Labute approximate surface area is 193 Å². The summed E-state index contributed by atoms with van der Waals surface area (Å²) in [5.41, 5.74) is 0.762. The van der Waals surface area contributed by atoms with E-state index in [2.05, 4.69) is 30.3 Å². The van der Waals surface area contributed by atoms with Gasteiger partial charge < -0.3 is 19.7 Å². The second kappa shape index (κ2) is 10.4. The van der Waals surface area contributed by atoms with Crippen LogP contribution in [0.4, 0.5) is 4.79 Å². The fourth-order valence-electron chi connectivity index (χ4n) is 5.00. The Kier molecular flexibility index (Phi) is 8.59. The summed E-state index contributed by atoms with van der Waals surface area (Å²) in [4.78, 5) is 27.4. The maximum absolute atomic E-state index is 12.5. The molecule has 1 aromatic rings. The second-order valence-electron chi connectivity index (χ2n) is 9.59. The molecule has 2 heterocycles. The predicted molar refractivity (Wildman–Crippen MR) is 127 cm³/mol. The number of benzene rings is 1. The van der Waals surface area contributed by atoms with Gasteiger partial charge in [-0.15, -0.1) is 0 Å². The van der Waals surface area contributed by atoms with Crippen LogP contribution in [-0.4, -0.2) is 54.7 Å². The summed E-state index contributed by atoms with van der Waals surface area (Å²) < 4.78 is 11.4. The SMILES string of the molecule is CCC1(c2cccc(OC(=O)N[C@@H]3C(=O)CC(C)(C)OC3C)c2)CCCCN(C)C1.S. The summed E-state index contributed by atoms with van der Waals surface area (Å²) in [5.74, 6) is 0.470. The number of ketones is 1. The lowest BCUT2D eigenvalue weighted by Crippen LogP contribution is -2.56. The third-order valence-electron chi connectivity index (χ3n) is 6.55. The first-order chi connectivity index (χ1) is 14.1. The zero-order chi connectivity index (χ0) is 21.9. The number of carbonyl (C=O) groups is 2. The molecule has 0 aliphatic carbocycles. The van der Waals surface area contributed by atoms with E-state index >= 15 is 0 Å². The second-order valence-corrected chi connectivity index (χ2v) is 9.59. The maximum atomic E-state index is 12.5. The lowest BCUT2D eigenvalue weighted by Gasteiger charge is -2.38. The zero-order valence-corrected chi connectivity index (χ0v) is 20.5. The molecule has 6 nitrogen and oxygen atoms in total. The van der Waals surface area contributed by atoms with Crippen molar-refractivity contribution >= 4 is 25.4 Å². The molecule has 0 radical (unpaired) electrons. The highest BCUT2D eigenvalue weighted by molar-refractivity contribution is 7.59. The first-order valence-electron chi connectivity index (χ1n) is 11.1. The molecule has 0 bridgehead atoms. The highest BCUT2D eigenvalue weighted by atomic mass is 32.1. The molecule has 3 atom stereocenters. The van der Waals surface area contributed by atoms with Crippen LogP contribution in [0, 0.1) is 0 Å². The van der Waals surface area contributed by atoms with Crippen molar-refractivity contribution in [2.75, 3.05) is 20.1 Å². The molecule has 31 heavy (non-hydrogen) atoms. The Morgan fingerprint density at radius 1 is 1.32 bits per heavy atom. The van der Waals surface area contributed by atoms with E-state index in [-0.39, 0.29) is 31.1 Å². The number of likely N-dealkylation sites (tertiary alicyclic amines) is 1. The predicted octanol–water partition coefficient (Wildman–Crippen LogP) is 4.18. The van der Waals surface area contributed by atoms with E-state index in [1.165, 1.54) is 18.4 Å². The smallest absolute Gasteiger partial charge is 0.410 e. The van der Waals surface area contributed by atoms with E-state index in [0.717, 1.165) is 25.9 Å². The van der Waals surface area contributed by atoms with Gasteiger partial charge in [0.2, 0.25) is 0 Å². The maximum Gasteiger partial charge on any atom is 0.413 e. The topological polar surface area (TPSA) is 67.9 Å². The monoisotopic (exact) mass is 450 g/mol. The van der Waals surface area contributed by atoms with Crippen LogP contribution in [0.2, 0.25) is 0 Å². The Morgan fingerprint density at radius 3 is 2.74 bits per heavy atom. The van der Waals surface area contributed by atoms with Crippen molar-refractivity contribution in [3.8, 4) is 5.75 Å². The van der Waals surface area contributed by atoms with Crippen molar-refractivity contribution in [1.82, 2.24) is 10.2 Å². The van der Waals surface area contributed by atoms with Gasteiger partial charge in [0, 0.05) is 18.4 Å². The molecule has 1 aromatic carbocycles. The molecule has 2 aliphatic rings. The third-order valence-corrected chi connectivity index (χ3v) is 6.55. The van der Waals surface area contributed by atoms with Crippen LogP contribution >= 0.6 is 13.5 Å².